The minimum Gasteiger partial charge on any atom is -0.496 e. The zero-order valence-electron chi connectivity index (χ0n) is 15.8. The van der Waals surface area contributed by atoms with E-state index in [9.17, 15) is 4.79 Å². The van der Waals surface area contributed by atoms with Crippen molar-refractivity contribution in [1.29, 1.82) is 0 Å². The molecule has 0 saturated heterocycles. The van der Waals surface area contributed by atoms with Crippen LogP contribution in [0.25, 0.3) is 0 Å². The van der Waals surface area contributed by atoms with Crippen molar-refractivity contribution in [3.8, 4) is 23.0 Å². The average molecular weight is 359 g/mol. The van der Waals surface area contributed by atoms with Crippen molar-refractivity contribution in [1.82, 2.24) is 5.32 Å². The molecule has 0 aliphatic carbocycles. The Morgan fingerprint density at radius 3 is 2.08 bits per heavy atom. The molecule has 0 unspecified atom stereocenters. The highest BCUT2D eigenvalue weighted by Crippen LogP contribution is 2.34. The summed E-state index contributed by atoms with van der Waals surface area (Å²) in [7, 11) is 6.21. The molecule has 0 aromatic heterocycles. The summed E-state index contributed by atoms with van der Waals surface area (Å²) >= 11 is 0. The lowest BCUT2D eigenvalue weighted by Gasteiger charge is -2.14. The van der Waals surface area contributed by atoms with Gasteiger partial charge in [-0.25, -0.2) is 0 Å². The summed E-state index contributed by atoms with van der Waals surface area (Å²) in [5, 5.41) is 2.91. The van der Waals surface area contributed by atoms with Crippen LogP contribution in [0, 0.1) is 6.92 Å². The molecule has 0 fully saturated rings. The number of benzene rings is 2. The molecule has 0 radical (unpaired) electrons. The summed E-state index contributed by atoms with van der Waals surface area (Å²) in [5.74, 6) is 1.97. The van der Waals surface area contributed by atoms with Crippen LogP contribution in [0.15, 0.2) is 30.3 Å². The second kappa shape index (κ2) is 8.99. The molecule has 140 valence electrons. The van der Waals surface area contributed by atoms with E-state index in [1.165, 1.54) is 21.3 Å². The number of hydrogen-bond donors (Lipinski definition) is 1. The molecule has 6 heteroatoms. The first-order chi connectivity index (χ1) is 12.5. The number of nitrogens with one attached hydrogen (secondary N) is 1. The monoisotopic (exact) mass is 359 g/mol. The number of amides is 1. The van der Waals surface area contributed by atoms with Crippen molar-refractivity contribution in [2.24, 2.45) is 0 Å². The van der Waals surface area contributed by atoms with Crippen molar-refractivity contribution < 1.29 is 23.7 Å². The van der Waals surface area contributed by atoms with Gasteiger partial charge in [-0.05, 0) is 25.0 Å². The minimum atomic E-state index is -0.241. The van der Waals surface area contributed by atoms with Gasteiger partial charge in [-0.15, -0.1) is 0 Å². The van der Waals surface area contributed by atoms with Gasteiger partial charge in [0.1, 0.15) is 11.5 Å². The third-order valence-corrected chi connectivity index (χ3v) is 4.07. The van der Waals surface area contributed by atoms with Gasteiger partial charge in [-0.2, -0.15) is 0 Å². The van der Waals surface area contributed by atoms with E-state index in [0.717, 1.165) is 16.9 Å². The third kappa shape index (κ3) is 4.39. The van der Waals surface area contributed by atoms with E-state index in [1.807, 2.05) is 19.1 Å². The van der Waals surface area contributed by atoms with Gasteiger partial charge in [-0.3, -0.25) is 4.79 Å². The topological polar surface area (TPSA) is 66.0 Å². The zero-order valence-corrected chi connectivity index (χ0v) is 15.8. The van der Waals surface area contributed by atoms with Gasteiger partial charge in [0.05, 0.1) is 34.0 Å². The Balaban J connectivity index is 2.12. The van der Waals surface area contributed by atoms with Crippen LogP contribution in [0.1, 0.15) is 21.5 Å². The van der Waals surface area contributed by atoms with Gasteiger partial charge >= 0.3 is 0 Å². The number of carbonyl (C=O) groups is 1. The molecule has 0 atom stereocenters. The molecule has 26 heavy (non-hydrogen) atoms. The van der Waals surface area contributed by atoms with Crippen LogP contribution in [-0.4, -0.2) is 40.9 Å². The van der Waals surface area contributed by atoms with Gasteiger partial charge in [-0.1, -0.05) is 17.7 Å². The molecule has 0 spiro atoms. The molecule has 0 aliphatic heterocycles. The SMILES string of the molecule is COc1ccc(C)cc1CCNC(=O)c1cc(OC)c(OC)cc1OC. The molecule has 0 aliphatic rings. The third-order valence-electron chi connectivity index (χ3n) is 4.07. The quantitative estimate of drug-likeness (QED) is 0.785. The molecule has 2 aromatic rings. The van der Waals surface area contributed by atoms with E-state index >= 15 is 0 Å². The Bertz CT molecular complexity index is 773. The van der Waals surface area contributed by atoms with Crippen molar-refractivity contribution in [2.75, 3.05) is 35.0 Å². The van der Waals surface area contributed by atoms with E-state index in [-0.39, 0.29) is 5.91 Å². The van der Waals surface area contributed by atoms with Gasteiger partial charge < -0.3 is 24.3 Å². The molecule has 1 N–H and O–H groups in total. The average Bonchev–Trinajstić information content (AvgIpc) is 2.66. The van der Waals surface area contributed by atoms with E-state index in [1.54, 1.807) is 19.2 Å². The van der Waals surface area contributed by atoms with Crippen LogP contribution in [-0.2, 0) is 6.42 Å². The van der Waals surface area contributed by atoms with Gasteiger partial charge in [0.2, 0.25) is 0 Å². The number of rotatable bonds is 8. The van der Waals surface area contributed by atoms with E-state index in [2.05, 4.69) is 11.4 Å². The smallest absolute Gasteiger partial charge is 0.255 e. The number of aryl methyl sites for hydroxylation is 1. The zero-order chi connectivity index (χ0) is 19.1. The second-order valence-electron chi connectivity index (χ2n) is 5.73. The normalized spacial score (nSPS) is 10.2. The fraction of sp³-hybridized carbons (Fsp3) is 0.350. The number of methoxy groups -OCH3 is 4. The van der Waals surface area contributed by atoms with E-state index in [4.69, 9.17) is 18.9 Å². The van der Waals surface area contributed by atoms with Crippen molar-refractivity contribution in [2.45, 2.75) is 13.3 Å². The fourth-order valence-corrected chi connectivity index (χ4v) is 2.72. The van der Waals surface area contributed by atoms with Crippen molar-refractivity contribution >= 4 is 5.91 Å². The lowest BCUT2D eigenvalue weighted by molar-refractivity contribution is 0.0950. The molecule has 0 saturated carbocycles. The Labute approximate surface area is 154 Å². The number of ether oxygens (including phenoxy) is 4. The highest BCUT2D eigenvalue weighted by Gasteiger charge is 2.17. The van der Waals surface area contributed by atoms with E-state index in [0.29, 0.717) is 35.8 Å². The summed E-state index contributed by atoms with van der Waals surface area (Å²) < 4.78 is 21.2. The Kier molecular flexibility index (Phi) is 6.72. The van der Waals surface area contributed by atoms with Gasteiger partial charge in [0, 0.05) is 18.7 Å². The Morgan fingerprint density at radius 1 is 0.846 bits per heavy atom. The number of hydrogen-bond acceptors (Lipinski definition) is 5. The first-order valence-corrected chi connectivity index (χ1v) is 8.25. The first kappa shape index (κ1) is 19.4. The number of carbonyl (C=O) groups excluding carboxylic acids is 1. The van der Waals surface area contributed by atoms with Crippen LogP contribution in [0.4, 0.5) is 0 Å². The first-order valence-electron chi connectivity index (χ1n) is 8.25. The standard InChI is InChI=1S/C20H25NO5/c1-13-6-7-16(23-2)14(10-13)8-9-21-20(22)15-11-18(25-4)19(26-5)12-17(15)24-3/h6-7,10-12H,8-9H2,1-5H3,(H,21,22). The molecule has 1 amide bonds. The Morgan fingerprint density at radius 2 is 1.46 bits per heavy atom. The largest absolute Gasteiger partial charge is 0.496 e. The highest BCUT2D eigenvalue weighted by atomic mass is 16.5. The van der Waals surface area contributed by atoms with Crippen LogP contribution in [0.2, 0.25) is 0 Å². The lowest BCUT2D eigenvalue weighted by atomic mass is 10.1. The van der Waals surface area contributed by atoms with Crippen molar-refractivity contribution in [3.05, 3.63) is 47.0 Å². The predicted molar refractivity (Wildman–Crippen MR) is 99.9 cm³/mol. The maximum Gasteiger partial charge on any atom is 0.255 e. The molecular formula is C20H25NO5. The molecular weight excluding hydrogens is 334 g/mol. The second-order valence-corrected chi connectivity index (χ2v) is 5.73. The highest BCUT2D eigenvalue weighted by molar-refractivity contribution is 5.97. The molecule has 2 aromatic carbocycles. The molecule has 0 heterocycles. The Hall–Kier alpha value is -2.89. The van der Waals surface area contributed by atoms with Crippen molar-refractivity contribution in [3.63, 3.8) is 0 Å². The van der Waals surface area contributed by atoms with Crippen LogP contribution in [0.5, 0.6) is 23.0 Å². The van der Waals surface area contributed by atoms with Crippen LogP contribution >= 0.6 is 0 Å². The lowest BCUT2D eigenvalue weighted by Crippen LogP contribution is -2.26. The maximum absolute atomic E-state index is 12.6. The van der Waals surface area contributed by atoms with Gasteiger partial charge in [0.15, 0.2) is 11.5 Å². The molecule has 0 bridgehead atoms. The maximum atomic E-state index is 12.6. The predicted octanol–water partition coefficient (Wildman–Crippen LogP) is 3.00. The molecule has 6 nitrogen and oxygen atoms in total. The summed E-state index contributed by atoms with van der Waals surface area (Å²) in [6, 6.07) is 9.23. The summed E-state index contributed by atoms with van der Waals surface area (Å²) in [6.45, 7) is 2.49. The minimum absolute atomic E-state index is 0.241. The summed E-state index contributed by atoms with van der Waals surface area (Å²) in [5.41, 5.74) is 2.59. The van der Waals surface area contributed by atoms with Crippen LogP contribution in [0.3, 0.4) is 0 Å². The molecule has 2 rings (SSSR count). The van der Waals surface area contributed by atoms with Crippen LogP contribution < -0.4 is 24.3 Å². The summed E-state index contributed by atoms with van der Waals surface area (Å²) in [4.78, 5) is 12.6. The van der Waals surface area contributed by atoms with Gasteiger partial charge in [0.25, 0.3) is 5.91 Å². The fourth-order valence-electron chi connectivity index (χ4n) is 2.72. The summed E-state index contributed by atoms with van der Waals surface area (Å²) in [6.07, 6.45) is 0.659. The van der Waals surface area contributed by atoms with E-state index < -0.39 is 0 Å².